The molecule has 2 saturated carbocycles. The minimum atomic E-state index is -4.47. The molecule has 0 N–H and O–H groups in total. The SMILES string of the molecule is CC(C)[C@H]1C[C@@H]1c1cc(C(F)(F)F)c2ncc([C@@H](C)[C@H]3C[C@@H]3c3ccc(OC(F)F)nc3)cc2c1. The minimum Gasteiger partial charge on any atom is -0.417 e. The fourth-order valence-electron chi connectivity index (χ4n) is 5.47. The van der Waals surface area contributed by atoms with E-state index in [1.54, 1.807) is 18.5 Å². The summed E-state index contributed by atoms with van der Waals surface area (Å²) < 4.78 is 70.6. The molecule has 0 unspecified atom stereocenters. The topological polar surface area (TPSA) is 35.0 Å². The van der Waals surface area contributed by atoms with Gasteiger partial charge >= 0.3 is 12.8 Å². The number of ether oxygens (including phenoxy) is 1. The Morgan fingerprint density at radius 1 is 0.886 bits per heavy atom. The molecule has 35 heavy (non-hydrogen) atoms. The van der Waals surface area contributed by atoms with Crippen molar-refractivity contribution < 1.29 is 26.7 Å². The lowest BCUT2D eigenvalue weighted by atomic mass is 9.92. The van der Waals surface area contributed by atoms with E-state index >= 15 is 0 Å². The molecule has 0 spiro atoms. The van der Waals surface area contributed by atoms with Crippen LogP contribution >= 0.6 is 0 Å². The molecule has 5 atom stereocenters. The first kappa shape index (κ1) is 23.9. The highest BCUT2D eigenvalue weighted by Crippen LogP contribution is 2.56. The van der Waals surface area contributed by atoms with Crippen LogP contribution in [0.3, 0.4) is 0 Å². The van der Waals surface area contributed by atoms with E-state index in [4.69, 9.17) is 0 Å². The van der Waals surface area contributed by atoms with Gasteiger partial charge in [0.2, 0.25) is 5.88 Å². The van der Waals surface area contributed by atoms with Crippen LogP contribution in [0.1, 0.15) is 73.6 Å². The van der Waals surface area contributed by atoms with E-state index in [1.807, 2.05) is 12.1 Å². The van der Waals surface area contributed by atoms with Crippen molar-refractivity contribution in [2.45, 2.75) is 64.2 Å². The Bertz CT molecular complexity index is 1220. The zero-order valence-corrected chi connectivity index (χ0v) is 19.7. The number of rotatable bonds is 7. The molecular weight excluding hydrogens is 463 g/mol. The summed E-state index contributed by atoms with van der Waals surface area (Å²) in [6.45, 7) is 3.36. The third kappa shape index (κ3) is 4.84. The molecule has 0 aliphatic heterocycles. The summed E-state index contributed by atoms with van der Waals surface area (Å²) in [4.78, 5) is 8.22. The van der Waals surface area contributed by atoms with Gasteiger partial charge in [-0.3, -0.25) is 4.98 Å². The van der Waals surface area contributed by atoms with Gasteiger partial charge in [0.15, 0.2) is 0 Å². The van der Waals surface area contributed by atoms with Crippen molar-refractivity contribution in [1.29, 1.82) is 0 Å². The molecule has 3 nitrogen and oxygen atoms in total. The molecule has 186 valence electrons. The third-order valence-corrected chi connectivity index (χ3v) is 7.66. The Labute approximate surface area is 200 Å². The van der Waals surface area contributed by atoms with Crippen molar-refractivity contribution in [1.82, 2.24) is 9.97 Å². The lowest BCUT2D eigenvalue weighted by Gasteiger charge is -2.16. The lowest BCUT2D eigenvalue weighted by molar-refractivity contribution is -0.136. The Morgan fingerprint density at radius 3 is 2.20 bits per heavy atom. The minimum absolute atomic E-state index is 0.00915. The third-order valence-electron chi connectivity index (χ3n) is 7.66. The predicted octanol–water partition coefficient (Wildman–Crippen LogP) is 7.92. The maximum Gasteiger partial charge on any atom is 0.418 e. The zero-order chi connectivity index (χ0) is 25.1. The van der Waals surface area contributed by atoms with E-state index in [2.05, 4.69) is 35.5 Å². The summed E-state index contributed by atoms with van der Waals surface area (Å²) in [5, 5.41) is 0.529. The second-order valence-corrected chi connectivity index (χ2v) is 10.3. The number of hydrogen-bond donors (Lipinski definition) is 0. The lowest BCUT2D eigenvalue weighted by Crippen LogP contribution is -2.09. The number of hydrogen-bond acceptors (Lipinski definition) is 3. The van der Waals surface area contributed by atoms with Gasteiger partial charge in [-0.2, -0.15) is 22.0 Å². The van der Waals surface area contributed by atoms with Gasteiger partial charge in [0.1, 0.15) is 0 Å². The fourth-order valence-corrected chi connectivity index (χ4v) is 5.47. The van der Waals surface area contributed by atoms with Gasteiger partial charge in [-0.25, -0.2) is 4.98 Å². The van der Waals surface area contributed by atoms with Gasteiger partial charge in [0.25, 0.3) is 0 Å². The van der Waals surface area contributed by atoms with Crippen molar-refractivity contribution in [2.24, 2.45) is 17.8 Å². The van der Waals surface area contributed by atoms with Crippen LogP contribution in [0.4, 0.5) is 22.0 Å². The molecule has 5 rings (SSSR count). The summed E-state index contributed by atoms with van der Waals surface area (Å²) in [5.41, 5.74) is 1.91. The van der Waals surface area contributed by atoms with Crippen molar-refractivity contribution in [2.75, 3.05) is 0 Å². The van der Waals surface area contributed by atoms with Crippen LogP contribution in [-0.2, 0) is 6.18 Å². The van der Waals surface area contributed by atoms with Crippen LogP contribution in [0.25, 0.3) is 10.9 Å². The number of halogens is 5. The number of benzene rings is 1. The summed E-state index contributed by atoms with van der Waals surface area (Å²) in [6, 6.07) is 8.20. The quantitative estimate of drug-likeness (QED) is 0.316. The molecular formula is C27H27F5N2O. The number of fused-ring (bicyclic) bond motifs is 1. The molecule has 0 bridgehead atoms. The second-order valence-electron chi connectivity index (χ2n) is 10.3. The van der Waals surface area contributed by atoms with Crippen LogP contribution in [0, 0.1) is 17.8 Å². The van der Waals surface area contributed by atoms with Crippen molar-refractivity contribution in [3.05, 3.63) is 65.0 Å². The first-order valence-corrected chi connectivity index (χ1v) is 11.9. The molecule has 2 aliphatic carbocycles. The Kier molecular flexibility index (Phi) is 5.96. The molecule has 3 aromatic rings. The fraction of sp³-hybridized carbons (Fsp3) is 0.481. The summed E-state index contributed by atoms with van der Waals surface area (Å²) >= 11 is 0. The Morgan fingerprint density at radius 2 is 1.60 bits per heavy atom. The van der Waals surface area contributed by atoms with Gasteiger partial charge in [0.05, 0.1) is 11.1 Å². The van der Waals surface area contributed by atoms with Gasteiger partial charge < -0.3 is 4.74 Å². The monoisotopic (exact) mass is 490 g/mol. The van der Waals surface area contributed by atoms with Gasteiger partial charge in [-0.1, -0.05) is 26.8 Å². The van der Waals surface area contributed by atoms with Gasteiger partial charge in [0, 0.05) is 23.8 Å². The maximum absolute atomic E-state index is 13.9. The smallest absolute Gasteiger partial charge is 0.417 e. The standard InChI is InChI=1S/C27H27F5N2O/c1-13(2)19-9-22(19)16-6-17-7-18(12-34-25(17)23(8-16)27(30,31)32)14(3)20-10-21(20)15-4-5-24(33-11-15)35-26(28)29/h4-8,11-14,19-22,26H,9-10H2,1-3H3/t14-,19-,20-,21-,22-/m1/s1. The van der Waals surface area contributed by atoms with E-state index < -0.39 is 18.4 Å². The highest BCUT2D eigenvalue weighted by Gasteiger charge is 2.44. The number of alkyl halides is 5. The Balaban J connectivity index is 1.40. The van der Waals surface area contributed by atoms with E-state index in [0.717, 1.165) is 29.5 Å². The first-order chi connectivity index (χ1) is 16.5. The van der Waals surface area contributed by atoms with Gasteiger partial charge in [-0.05, 0) is 83.2 Å². The number of pyridine rings is 2. The normalized spacial score (nSPS) is 24.7. The van der Waals surface area contributed by atoms with Crippen LogP contribution < -0.4 is 4.74 Å². The molecule has 0 saturated heterocycles. The maximum atomic E-state index is 13.9. The predicted molar refractivity (Wildman–Crippen MR) is 123 cm³/mol. The molecule has 0 amide bonds. The summed E-state index contributed by atoms with van der Waals surface area (Å²) in [6.07, 6.45) is 0.454. The molecule has 2 heterocycles. The zero-order valence-electron chi connectivity index (χ0n) is 19.7. The molecule has 2 aromatic heterocycles. The number of aromatic nitrogens is 2. The van der Waals surface area contributed by atoms with E-state index in [1.165, 1.54) is 12.1 Å². The first-order valence-electron chi connectivity index (χ1n) is 11.9. The van der Waals surface area contributed by atoms with E-state index in [0.29, 0.717) is 17.2 Å². The van der Waals surface area contributed by atoms with E-state index in [9.17, 15) is 22.0 Å². The largest absolute Gasteiger partial charge is 0.418 e. The second kappa shape index (κ2) is 8.71. The van der Waals surface area contributed by atoms with Crippen LogP contribution in [0.15, 0.2) is 42.7 Å². The van der Waals surface area contributed by atoms with E-state index in [-0.39, 0.29) is 35.1 Å². The molecule has 0 radical (unpaired) electrons. The van der Waals surface area contributed by atoms with Gasteiger partial charge in [-0.15, -0.1) is 0 Å². The average molecular weight is 491 g/mol. The van der Waals surface area contributed by atoms with Crippen LogP contribution in [0.5, 0.6) is 5.88 Å². The molecule has 2 aliphatic rings. The summed E-state index contributed by atoms with van der Waals surface area (Å²) in [7, 11) is 0. The molecule has 1 aromatic carbocycles. The Hall–Kier alpha value is -2.77. The highest BCUT2D eigenvalue weighted by molar-refractivity contribution is 5.84. The van der Waals surface area contributed by atoms with Crippen molar-refractivity contribution >= 4 is 10.9 Å². The molecule has 2 fully saturated rings. The van der Waals surface area contributed by atoms with Crippen LogP contribution in [-0.4, -0.2) is 16.6 Å². The molecule has 8 heteroatoms. The van der Waals surface area contributed by atoms with Crippen LogP contribution in [0.2, 0.25) is 0 Å². The summed E-state index contributed by atoms with van der Waals surface area (Å²) in [5.74, 6) is 1.46. The number of nitrogens with zero attached hydrogens (tertiary/aromatic N) is 2. The van der Waals surface area contributed by atoms with Crippen molar-refractivity contribution in [3.63, 3.8) is 0 Å². The average Bonchev–Trinajstić information content (AvgIpc) is 3.70. The van der Waals surface area contributed by atoms with Crippen molar-refractivity contribution in [3.8, 4) is 5.88 Å². The highest BCUT2D eigenvalue weighted by atomic mass is 19.4.